The number of benzene rings is 1. The van der Waals surface area contributed by atoms with Crippen LogP contribution in [0.5, 0.6) is 5.75 Å². The maximum atomic E-state index is 13.0. The van der Waals surface area contributed by atoms with Crippen molar-refractivity contribution < 1.29 is 13.2 Å². The van der Waals surface area contributed by atoms with Gasteiger partial charge in [-0.05, 0) is 50.8 Å². The molecule has 2 fully saturated rings. The molecule has 26 heavy (non-hydrogen) atoms. The van der Waals surface area contributed by atoms with Gasteiger partial charge in [0.1, 0.15) is 16.5 Å². The van der Waals surface area contributed by atoms with E-state index < -0.39 is 10.0 Å². The Hall–Kier alpha value is -1.71. The van der Waals surface area contributed by atoms with Gasteiger partial charge in [-0.1, -0.05) is 0 Å². The smallest absolute Gasteiger partial charge is 0.246 e. The van der Waals surface area contributed by atoms with Crippen LogP contribution >= 0.6 is 11.5 Å². The van der Waals surface area contributed by atoms with Gasteiger partial charge in [0.05, 0.1) is 6.61 Å². The molecule has 0 bridgehead atoms. The van der Waals surface area contributed by atoms with Gasteiger partial charge in [-0.25, -0.2) is 13.4 Å². The molecule has 1 aromatic heterocycles. The Morgan fingerprint density at radius 3 is 2.77 bits per heavy atom. The predicted octanol–water partition coefficient (Wildman–Crippen LogP) is 3.34. The lowest BCUT2D eigenvalue weighted by Crippen LogP contribution is -2.28. The molecule has 2 heterocycles. The van der Waals surface area contributed by atoms with Gasteiger partial charge in [0, 0.05) is 36.2 Å². The Kier molecular flexibility index (Phi) is 4.85. The minimum absolute atomic E-state index is 0.207. The maximum absolute atomic E-state index is 13.0. The van der Waals surface area contributed by atoms with Crippen LogP contribution < -0.4 is 10.1 Å². The molecule has 1 aliphatic carbocycles. The van der Waals surface area contributed by atoms with E-state index in [1.807, 2.05) is 13.0 Å². The van der Waals surface area contributed by atoms with Crippen LogP contribution in [-0.2, 0) is 10.0 Å². The van der Waals surface area contributed by atoms with Gasteiger partial charge in [-0.15, -0.1) is 0 Å². The maximum Gasteiger partial charge on any atom is 0.246 e. The van der Waals surface area contributed by atoms with E-state index in [9.17, 15) is 8.42 Å². The average Bonchev–Trinajstić information content (AvgIpc) is 3.12. The van der Waals surface area contributed by atoms with Gasteiger partial charge in [0.2, 0.25) is 15.2 Å². The summed E-state index contributed by atoms with van der Waals surface area (Å²) in [7, 11) is -3.57. The summed E-state index contributed by atoms with van der Waals surface area (Å²) < 4.78 is 37.5. The van der Waals surface area contributed by atoms with Crippen molar-refractivity contribution in [3.8, 4) is 5.75 Å². The molecule has 1 aliphatic heterocycles. The topological polar surface area (TPSA) is 84.4 Å². The second kappa shape index (κ2) is 7.13. The molecular formula is C17H22N4O3S2. The molecule has 140 valence electrons. The van der Waals surface area contributed by atoms with Crippen molar-refractivity contribution in [2.45, 2.75) is 43.4 Å². The molecule has 7 nitrogen and oxygen atoms in total. The molecule has 1 N–H and O–H groups in total. The second-order valence-electron chi connectivity index (χ2n) is 6.56. The lowest BCUT2D eigenvalue weighted by molar-refractivity contribution is 0.330. The average molecular weight is 395 g/mol. The number of sulfonamides is 1. The largest absolute Gasteiger partial charge is 0.492 e. The molecule has 4 rings (SSSR count). The van der Waals surface area contributed by atoms with E-state index in [0.29, 0.717) is 42.2 Å². The van der Waals surface area contributed by atoms with Crippen molar-refractivity contribution in [2.24, 2.45) is 0 Å². The summed E-state index contributed by atoms with van der Waals surface area (Å²) in [5, 5.41) is 3.87. The van der Waals surface area contributed by atoms with Gasteiger partial charge in [0.15, 0.2) is 0 Å². The molecule has 0 amide bonds. The zero-order chi connectivity index (χ0) is 18.1. The lowest BCUT2D eigenvalue weighted by Gasteiger charge is -2.19. The van der Waals surface area contributed by atoms with Gasteiger partial charge in [0.25, 0.3) is 0 Å². The van der Waals surface area contributed by atoms with Gasteiger partial charge in [-0.3, -0.25) is 0 Å². The van der Waals surface area contributed by atoms with Gasteiger partial charge >= 0.3 is 0 Å². The Balaban J connectivity index is 1.63. The molecule has 2 aliphatic rings. The van der Waals surface area contributed by atoms with Crippen LogP contribution in [0, 0.1) is 0 Å². The molecule has 0 radical (unpaired) electrons. The molecule has 1 aromatic carbocycles. The first-order chi connectivity index (χ1) is 12.6. The van der Waals surface area contributed by atoms with Crippen LogP contribution in [0.25, 0.3) is 0 Å². The first-order valence-corrected chi connectivity index (χ1v) is 11.2. The molecular weight excluding hydrogens is 372 g/mol. The number of nitrogens with one attached hydrogen (secondary N) is 1. The molecule has 1 saturated carbocycles. The van der Waals surface area contributed by atoms with Crippen molar-refractivity contribution in [1.82, 2.24) is 13.7 Å². The third-order valence-electron chi connectivity index (χ3n) is 4.56. The molecule has 9 heteroatoms. The van der Waals surface area contributed by atoms with Crippen LogP contribution in [-0.4, -0.2) is 41.8 Å². The number of anilines is 2. The first kappa shape index (κ1) is 17.7. The zero-order valence-electron chi connectivity index (χ0n) is 14.6. The van der Waals surface area contributed by atoms with Crippen LogP contribution in [0.3, 0.4) is 0 Å². The fourth-order valence-electron chi connectivity index (χ4n) is 3.05. The third-order valence-corrected chi connectivity index (χ3v) is 7.13. The van der Waals surface area contributed by atoms with E-state index in [4.69, 9.17) is 4.74 Å². The van der Waals surface area contributed by atoms with Crippen molar-refractivity contribution in [2.75, 3.05) is 25.0 Å². The van der Waals surface area contributed by atoms with E-state index >= 15 is 0 Å². The van der Waals surface area contributed by atoms with Crippen LogP contribution in [0.4, 0.5) is 10.8 Å². The van der Waals surface area contributed by atoms with E-state index in [-0.39, 0.29) is 4.90 Å². The quantitative estimate of drug-likeness (QED) is 0.775. The SMILES string of the molecule is CCOc1ccc(Nc2nc(C3CC3)ns2)cc1S(=O)(=O)N1CCCC1. The monoisotopic (exact) mass is 394 g/mol. The van der Waals surface area contributed by atoms with E-state index in [1.165, 1.54) is 15.8 Å². The van der Waals surface area contributed by atoms with Crippen molar-refractivity contribution in [1.29, 1.82) is 0 Å². The third kappa shape index (κ3) is 3.56. The summed E-state index contributed by atoms with van der Waals surface area (Å²) in [5.74, 6) is 1.77. The Labute approximate surface area is 157 Å². The highest BCUT2D eigenvalue weighted by Crippen LogP contribution is 2.40. The summed E-state index contributed by atoms with van der Waals surface area (Å²) in [5.41, 5.74) is 0.671. The van der Waals surface area contributed by atoms with E-state index in [1.54, 1.807) is 12.1 Å². The Morgan fingerprint density at radius 1 is 1.31 bits per heavy atom. The lowest BCUT2D eigenvalue weighted by atomic mass is 10.3. The minimum Gasteiger partial charge on any atom is -0.492 e. The van der Waals surface area contributed by atoms with Crippen LogP contribution in [0.2, 0.25) is 0 Å². The first-order valence-electron chi connectivity index (χ1n) is 8.95. The van der Waals surface area contributed by atoms with Crippen LogP contribution in [0.15, 0.2) is 23.1 Å². The predicted molar refractivity (Wildman–Crippen MR) is 101 cm³/mol. The highest BCUT2D eigenvalue weighted by Gasteiger charge is 2.31. The molecule has 0 spiro atoms. The summed E-state index contributed by atoms with van der Waals surface area (Å²) in [6.07, 6.45) is 4.10. The Bertz CT molecular complexity index is 887. The van der Waals surface area contributed by atoms with Gasteiger partial charge in [-0.2, -0.15) is 8.68 Å². The molecule has 0 atom stereocenters. The summed E-state index contributed by atoms with van der Waals surface area (Å²) in [6.45, 7) is 3.38. The van der Waals surface area contributed by atoms with Crippen molar-refractivity contribution in [3.63, 3.8) is 0 Å². The number of hydrogen-bond acceptors (Lipinski definition) is 7. The normalized spacial score (nSPS) is 18.2. The fourth-order valence-corrected chi connectivity index (χ4v) is 5.39. The number of hydrogen-bond donors (Lipinski definition) is 1. The Morgan fingerprint density at radius 2 is 2.08 bits per heavy atom. The van der Waals surface area contributed by atoms with Crippen molar-refractivity contribution >= 4 is 32.4 Å². The summed E-state index contributed by atoms with van der Waals surface area (Å²) in [4.78, 5) is 4.71. The number of nitrogens with zero attached hydrogens (tertiary/aromatic N) is 3. The summed E-state index contributed by atoms with van der Waals surface area (Å²) >= 11 is 1.30. The highest BCUT2D eigenvalue weighted by atomic mass is 32.2. The van der Waals surface area contributed by atoms with E-state index in [0.717, 1.165) is 31.5 Å². The number of ether oxygens (including phenoxy) is 1. The highest BCUT2D eigenvalue weighted by molar-refractivity contribution is 7.89. The second-order valence-corrected chi connectivity index (χ2v) is 9.22. The van der Waals surface area contributed by atoms with Gasteiger partial charge < -0.3 is 10.1 Å². The number of aromatic nitrogens is 2. The fraction of sp³-hybridized carbons (Fsp3) is 0.529. The zero-order valence-corrected chi connectivity index (χ0v) is 16.3. The molecule has 2 aromatic rings. The van der Waals surface area contributed by atoms with Crippen molar-refractivity contribution in [3.05, 3.63) is 24.0 Å². The molecule has 1 saturated heterocycles. The minimum atomic E-state index is -3.57. The standard InChI is InChI=1S/C17H22N4O3S2/c1-2-24-14-8-7-13(18-17-19-16(20-25-17)12-5-6-12)11-15(14)26(22,23)21-9-3-4-10-21/h7-8,11-12H,2-6,9-10H2,1H3,(H,18,19,20). The van der Waals surface area contributed by atoms with E-state index in [2.05, 4.69) is 14.7 Å². The van der Waals surface area contributed by atoms with Crippen LogP contribution in [0.1, 0.15) is 44.3 Å². The molecule has 0 unspecified atom stereocenters. The summed E-state index contributed by atoms with van der Waals surface area (Å²) in [6, 6.07) is 5.15. The number of rotatable bonds is 7.